The predicted octanol–water partition coefficient (Wildman–Crippen LogP) is -0.970. The summed E-state index contributed by atoms with van der Waals surface area (Å²) in [6.07, 6.45) is 4.22. The average Bonchev–Trinajstić information content (AvgIpc) is 2.66. The maximum absolute atomic E-state index is 11.1. The van der Waals surface area contributed by atoms with Crippen LogP contribution in [-0.2, 0) is 9.59 Å². The van der Waals surface area contributed by atoms with Gasteiger partial charge in [0.15, 0.2) is 0 Å². The summed E-state index contributed by atoms with van der Waals surface area (Å²) >= 11 is 0. The van der Waals surface area contributed by atoms with E-state index in [0.29, 0.717) is 0 Å². The van der Waals surface area contributed by atoms with Crippen molar-refractivity contribution in [3.63, 3.8) is 0 Å². The molecule has 0 aromatic carbocycles. The van der Waals surface area contributed by atoms with Gasteiger partial charge in [-0.3, -0.25) is 4.79 Å². The molecule has 88 valence electrons. The molecule has 0 unspecified atom stereocenters. The molecule has 1 aromatic heterocycles. The Morgan fingerprint density at radius 2 is 2.25 bits per heavy atom. The van der Waals surface area contributed by atoms with Gasteiger partial charge in [0.1, 0.15) is 12.4 Å². The van der Waals surface area contributed by atoms with E-state index in [1.54, 1.807) is 0 Å². The molecule has 0 fully saturated rings. The maximum atomic E-state index is 11.1. The van der Waals surface area contributed by atoms with Crippen molar-refractivity contribution in [2.75, 3.05) is 0 Å². The van der Waals surface area contributed by atoms with Gasteiger partial charge < -0.3 is 15.7 Å². The van der Waals surface area contributed by atoms with Crippen molar-refractivity contribution in [3.8, 4) is 0 Å². The Hall–Kier alpha value is -0.552. The monoisotopic (exact) mass is 365 g/mol. The molecule has 0 saturated heterocycles. The van der Waals surface area contributed by atoms with Gasteiger partial charge in [-0.25, -0.2) is 9.78 Å². The third-order valence-corrected chi connectivity index (χ3v) is 1.66. The Balaban J connectivity index is 0.00000225. The van der Waals surface area contributed by atoms with E-state index in [2.05, 4.69) is 4.98 Å². The number of hydrogen-bond acceptors (Lipinski definition) is 5. The van der Waals surface area contributed by atoms with Crippen molar-refractivity contribution in [2.24, 2.45) is 5.73 Å². The third kappa shape index (κ3) is 5.51. The summed E-state index contributed by atoms with van der Waals surface area (Å²) in [6.45, 7) is 0. The number of nitrogens with two attached hydrogens (primary N) is 1. The number of imidazole rings is 1. The normalized spacial score (nSPS) is 11.3. The number of nitrogens with zero attached hydrogens (tertiary/aromatic N) is 2. The Labute approximate surface area is 124 Å². The number of hydrogen-bond donors (Lipinski definition) is 2. The fourth-order valence-corrected chi connectivity index (χ4v) is 0.861. The van der Waals surface area contributed by atoms with E-state index in [9.17, 15) is 9.59 Å². The Bertz CT molecular complexity index is 341. The van der Waals surface area contributed by atoms with Gasteiger partial charge in [-0.15, -0.1) is 0 Å². The number of carboxylic acids is 1. The second kappa shape index (κ2) is 7.68. The first-order valence-corrected chi connectivity index (χ1v) is 4.27. The summed E-state index contributed by atoms with van der Waals surface area (Å²) in [7, 11) is 0. The zero-order chi connectivity index (χ0) is 11.3. The molecule has 0 bridgehead atoms. The van der Waals surface area contributed by atoms with Crippen LogP contribution in [0.4, 0.5) is 0 Å². The predicted molar refractivity (Wildman–Crippen MR) is 48.7 cm³/mol. The summed E-state index contributed by atoms with van der Waals surface area (Å²) in [5.74, 6) is -1.69. The first-order chi connectivity index (χ1) is 7.09. The Morgan fingerprint density at radius 1 is 1.56 bits per heavy atom. The molecule has 1 aromatic rings. The molecular weight excluding hydrogens is 352 g/mol. The van der Waals surface area contributed by atoms with E-state index in [-0.39, 0.29) is 53.2 Å². The quantitative estimate of drug-likeness (QED) is 0.697. The van der Waals surface area contributed by atoms with E-state index in [1.807, 2.05) is 0 Å². The molecule has 0 saturated carbocycles. The van der Waals surface area contributed by atoms with Gasteiger partial charge in [0, 0.05) is 46.6 Å². The summed E-state index contributed by atoms with van der Waals surface area (Å²) in [4.78, 5) is 29.9. The molecule has 0 aliphatic heterocycles. The van der Waals surface area contributed by atoms with Crippen LogP contribution < -0.4 is 10.6 Å². The van der Waals surface area contributed by atoms with E-state index in [4.69, 9.17) is 15.7 Å². The first kappa shape index (κ1) is 15.4. The molecule has 1 atom stereocenters. The maximum Gasteiger partial charge on any atom is 0.333 e. The minimum atomic E-state index is -1.13. The molecule has 7 nitrogen and oxygen atoms in total. The molecule has 3 N–H and O–H groups in total. The van der Waals surface area contributed by atoms with Gasteiger partial charge in [0.2, 0.25) is 0 Å². The van der Waals surface area contributed by atoms with Gasteiger partial charge in [-0.1, -0.05) is 0 Å². The molecule has 0 spiro atoms. The number of aromatic nitrogens is 2. The molecule has 1 rings (SSSR count). The van der Waals surface area contributed by atoms with Crippen LogP contribution in [0.1, 0.15) is 12.8 Å². The second-order valence-corrected chi connectivity index (χ2v) is 2.87. The fraction of sp³-hybridized carbons (Fsp3) is 0.375. The topological polar surface area (TPSA) is 107 Å². The van der Waals surface area contributed by atoms with Crippen LogP contribution in [0.15, 0.2) is 18.7 Å². The van der Waals surface area contributed by atoms with Gasteiger partial charge in [-0.2, -0.15) is 4.73 Å². The van der Waals surface area contributed by atoms with E-state index in [0.717, 1.165) is 4.73 Å². The standard InChI is InChI=1S/C8H11N3O4.Sm/c9-6(8(13)14)1-2-7(12)15-11-4-3-10-5-11;/h3-6H,1-2,9H2,(H,13,14);/t6-;/m0./s1. The summed E-state index contributed by atoms with van der Waals surface area (Å²) in [5.41, 5.74) is 5.21. The molecule has 0 amide bonds. The Kier molecular flexibility index (Phi) is 7.41. The van der Waals surface area contributed by atoms with Crippen molar-refractivity contribution in [1.82, 2.24) is 9.71 Å². The number of carbonyl (C=O) groups excluding carboxylic acids is 1. The minimum absolute atomic E-state index is 0. The molecular formula is C8H11N3O4Sm. The van der Waals surface area contributed by atoms with Crippen LogP contribution in [-0.4, -0.2) is 32.8 Å². The zero-order valence-electron chi connectivity index (χ0n) is 8.28. The van der Waals surface area contributed by atoms with E-state index in [1.165, 1.54) is 18.7 Å². The number of rotatable bonds is 5. The molecule has 8 heteroatoms. The van der Waals surface area contributed by atoms with E-state index >= 15 is 0 Å². The zero-order valence-corrected chi connectivity index (χ0v) is 10.9. The molecule has 0 radical (unpaired) electrons. The van der Waals surface area contributed by atoms with Crippen molar-refractivity contribution >= 4 is 11.9 Å². The molecule has 1 heterocycles. The number of aliphatic carboxylic acids is 1. The molecule has 0 aliphatic carbocycles. The van der Waals surface area contributed by atoms with Crippen molar-refractivity contribution < 1.29 is 59.9 Å². The smallest absolute Gasteiger partial charge is 0.333 e. The number of carboxylic acid groups (broad SMARTS) is 1. The second-order valence-electron chi connectivity index (χ2n) is 2.87. The fourth-order valence-electron chi connectivity index (χ4n) is 0.861. The van der Waals surface area contributed by atoms with Gasteiger partial charge >= 0.3 is 11.9 Å². The summed E-state index contributed by atoms with van der Waals surface area (Å²) in [5, 5.41) is 8.46. The van der Waals surface area contributed by atoms with Crippen LogP contribution in [0, 0.1) is 40.4 Å². The van der Waals surface area contributed by atoms with Gasteiger partial charge in [0.25, 0.3) is 0 Å². The first-order valence-electron chi connectivity index (χ1n) is 4.27. The summed E-state index contributed by atoms with van der Waals surface area (Å²) < 4.78 is 1.13. The van der Waals surface area contributed by atoms with Gasteiger partial charge in [0.05, 0.1) is 12.6 Å². The van der Waals surface area contributed by atoms with Crippen LogP contribution >= 0.6 is 0 Å². The largest absolute Gasteiger partial charge is 0.480 e. The van der Waals surface area contributed by atoms with Crippen molar-refractivity contribution in [1.29, 1.82) is 0 Å². The Morgan fingerprint density at radius 3 is 2.75 bits per heavy atom. The number of carbonyl (C=O) groups is 2. The van der Waals surface area contributed by atoms with E-state index < -0.39 is 18.0 Å². The van der Waals surface area contributed by atoms with Crippen molar-refractivity contribution in [2.45, 2.75) is 18.9 Å². The van der Waals surface area contributed by atoms with Crippen LogP contribution in [0.25, 0.3) is 0 Å². The summed E-state index contributed by atoms with van der Waals surface area (Å²) in [6, 6.07) is -1.04. The third-order valence-electron chi connectivity index (χ3n) is 1.66. The van der Waals surface area contributed by atoms with Crippen LogP contribution in [0.5, 0.6) is 0 Å². The molecule has 16 heavy (non-hydrogen) atoms. The molecule has 0 aliphatic rings. The van der Waals surface area contributed by atoms with Crippen LogP contribution in [0.3, 0.4) is 0 Å². The van der Waals surface area contributed by atoms with Crippen LogP contribution in [0.2, 0.25) is 0 Å². The minimum Gasteiger partial charge on any atom is -0.480 e. The average molecular weight is 364 g/mol. The van der Waals surface area contributed by atoms with Gasteiger partial charge in [-0.05, 0) is 6.42 Å². The SMILES string of the molecule is N[C@@H](CCC(=O)On1ccnc1)C(=O)O.[Sm]. The van der Waals surface area contributed by atoms with Crippen molar-refractivity contribution in [3.05, 3.63) is 18.7 Å².